The number of hydrogen-bond donors (Lipinski definition) is 1. The summed E-state index contributed by atoms with van der Waals surface area (Å²) in [4.78, 5) is 15.9. The maximum absolute atomic E-state index is 11.8. The Balaban J connectivity index is 2.15. The Bertz CT molecular complexity index is 265. The molecule has 0 radical (unpaired) electrons. The van der Waals surface area contributed by atoms with E-state index in [4.69, 9.17) is 11.5 Å². The second-order valence-corrected chi connectivity index (χ2v) is 4.36. The van der Waals surface area contributed by atoms with Crippen LogP contribution in [0.15, 0.2) is 0 Å². The zero-order chi connectivity index (χ0) is 12.5. The van der Waals surface area contributed by atoms with E-state index < -0.39 is 0 Å². The summed E-state index contributed by atoms with van der Waals surface area (Å²) in [5, 5.41) is 8.82. The number of piperazine rings is 1. The molecule has 4 heteroatoms. The Labute approximate surface area is 104 Å². The van der Waals surface area contributed by atoms with Crippen molar-refractivity contribution in [3.8, 4) is 12.3 Å². The molecule has 0 spiro atoms. The molecule has 0 aromatic rings. The largest absolute Gasteiger partial charge is 0.395 e. The lowest BCUT2D eigenvalue weighted by molar-refractivity contribution is -0.133. The van der Waals surface area contributed by atoms with Gasteiger partial charge in [-0.3, -0.25) is 9.69 Å². The van der Waals surface area contributed by atoms with Crippen LogP contribution in [0.1, 0.15) is 25.7 Å². The van der Waals surface area contributed by atoms with Gasteiger partial charge in [0.1, 0.15) is 0 Å². The van der Waals surface area contributed by atoms with Crippen LogP contribution in [-0.4, -0.2) is 60.1 Å². The van der Waals surface area contributed by atoms with Crippen molar-refractivity contribution < 1.29 is 9.90 Å². The summed E-state index contributed by atoms with van der Waals surface area (Å²) in [6.45, 7) is 4.22. The fourth-order valence-electron chi connectivity index (χ4n) is 2.02. The number of aliphatic hydroxyl groups excluding tert-OH is 1. The molecule has 1 amide bonds. The monoisotopic (exact) mass is 238 g/mol. The maximum Gasteiger partial charge on any atom is 0.222 e. The van der Waals surface area contributed by atoms with Crippen molar-refractivity contribution in [1.82, 2.24) is 9.80 Å². The predicted octanol–water partition coefficient (Wildman–Crippen LogP) is 0.316. The Morgan fingerprint density at radius 3 is 2.53 bits per heavy atom. The van der Waals surface area contributed by atoms with Crippen LogP contribution in [-0.2, 0) is 4.79 Å². The average Bonchev–Trinajstić information content (AvgIpc) is 2.36. The lowest BCUT2D eigenvalue weighted by atomic mass is 10.1. The van der Waals surface area contributed by atoms with Gasteiger partial charge in [0.15, 0.2) is 0 Å². The molecule has 1 aliphatic heterocycles. The minimum atomic E-state index is 0.194. The van der Waals surface area contributed by atoms with Crippen molar-refractivity contribution in [3.63, 3.8) is 0 Å². The summed E-state index contributed by atoms with van der Waals surface area (Å²) in [6, 6.07) is 0. The molecule has 1 fully saturated rings. The van der Waals surface area contributed by atoms with Gasteiger partial charge in [-0.05, 0) is 12.8 Å². The highest BCUT2D eigenvalue weighted by Gasteiger charge is 2.19. The van der Waals surface area contributed by atoms with Gasteiger partial charge in [0.2, 0.25) is 5.91 Å². The number of terminal acetylenes is 1. The normalized spacial score (nSPS) is 16.8. The van der Waals surface area contributed by atoms with Gasteiger partial charge >= 0.3 is 0 Å². The minimum Gasteiger partial charge on any atom is -0.395 e. The van der Waals surface area contributed by atoms with Crippen LogP contribution in [0.2, 0.25) is 0 Å². The number of rotatable bonds is 6. The van der Waals surface area contributed by atoms with Crippen LogP contribution in [0.25, 0.3) is 0 Å². The first-order valence-electron chi connectivity index (χ1n) is 6.32. The molecule has 17 heavy (non-hydrogen) atoms. The molecule has 1 aliphatic rings. The van der Waals surface area contributed by atoms with Gasteiger partial charge < -0.3 is 10.0 Å². The van der Waals surface area contributed by atoms with Crippen molar-refractivity contribution >= 4 is 5.91 Å². The van der Waals surface area contributed by atoms with Crippen molar-refractivity contribution in [1.29, 1.82) is 0 Å². The molecule has 1 saturated heterocycles. The summed E-state index contributed by atoms with van der Waals surface area (Å²) in [6.07, 6.45) is 8.36. The van der Waals surface area contributed by atoms with Crippen molar-refractivity contribution in [2.24, 2.45) is 0 Å². The second-order valence-electron chi connectivity index (χ2n) is 4.36. The first-order valence-corrected chi connectivity index (χ1v) is 6.32. The van der Waals surface area contributed by atoms with Gasteiger partial charge in [0.05, 0.1) is 6.61 Å². The van der Waals surface area contributed by atoms with Gasteiger partial charge in [-0.1, -0.05) is 0 Å². The fraction of sp³-hybridized carbons (Fsp3) is 0.769. The predicted molar refractivity (Wildman–Crippen MR) is 67.4 cm³/mol. The Morgan fingerprint density at radius 1 is 1.24 bits per heavy atom. The Hall–Kier alpha value is -1.05. The van der Waals surface area contributed by atoms with E-state index in [1.54, 1.807) is 0 Å². The summed E-state index contributed by atoms with van der Waals surface area (Å²) in [7, 11) is 0. The van der Waals surface area contributed by atoms with E-state index in [-0.39, 0.29) is 12.5 Å². The van der Waals surface area contributed by atoms with Crippen molar-refractivity contribution in [2.75, 3.05) is 39.3 Å². The molecular weight excluding hydrogens is 216 g/mol. The van der Waals surface area contributed by atoms with Crippen LogP contribution in [0.5, 0.6) is 0 Å². The van der Waals surface area contributed by atoms with Gasteiger partial charge in [-0.2, -0.15) is 0 Å². The van der Waals surface area contributed by atoms with Gasteiger partial charge in [-0.15, -0.1) is 12.3 Å². The SMILES string of the molecule is C#CCCCCC(=O)N1CCN(CCO)CC1. The molecule has 0 aromatic heterocycles. The van der Waals surface area contributed by atoms with E-state index in [1.807, 2.05) is 4.90 Å². The quantitative estimate of drug-likeness (QED) is 0.535. The van der Waals surface area contributed by atoms with Crippen LogP contribution in [0, 0.1) is 12.3 Å². The van der Waals surface area contributed by atoms with E-state index >= 15 is 0 Å². The van der Waals surface area contributed by atoms with Crippen LogP contribution in [0.3, 0.4) is 0 Å². The zero-order valence-electron chi connectivity index (χ0n) is 10.4. The highest BCUT2D eigenvalue weighted by atomic mass is 16.3. The smallest absolute Gasteiger partial charge is 0.222 e. The first kappa shape index (κ1) is 14.0. The van der Waals surface area contributed by atoms with E-state index in [0.717, 1.165) is 45.4 Å². The van der Waals surface area contributed by atoms with E-state index in [1.165, 1.54) is 0 Å². The number of amides is 1. The van der Waals surface area contributed by atoms with E-state index in [0.29, 0.717) is 13.0 Å². The molecule has 0 aliphatic carbocycles. The summed E-state index contributed by atoms with van der Waals surface area (Å²) in [5.74, 6) is 2.83. The van der Waals surface area contributed by atoms with Crippen LogP contribution >= 0.6 is 0 Å². The van der Waals surface area contributed by atoms with E-state index in [9.17, 15) is 4.79 Å². The van der Waals surface area contributed by atoms with Crippen LogP contribution in [0.4, 0.5) is 0 Å². The number of unbranched alkanes of at least 4 members (excludes halogenated alkanes) is 2. The molecule has 0 unspecified atom stereocenters. The lowest BCUT2D eigenvalue weighted by Gasteiger charge is -2.34. The summed E-state index contributed by atoms with van der Waals surface area (Å²) < 4.78 is 0. The Morgan fingerprint density at radius 2 is 1.94 bits per heavy atom. The van der Waals surface area contributed by atoms with Gasteiger partial charge in [-0.25, -0.2) is 0 Å². The first-order chi connectivity index (χ1) is 8.27. The lowest BCUT2D eigenvalue weighted by Crippen LogP contribution is -2.49. The van der Waals surface area contributed by atoms with Gasteiger partial charge in [0, 0.05) is 45.6 Å². The number of β-amino-alcohol motifs (C(OH)–C–C–N with tert-alkyl or cyclic N) is 1. The second kappa shape index (κ2) is 8.10. The molecule has 4 nitrogen and oxygen atoms in total. The minimum absolute atomic E-state index is 0.194. The third-order valence-electron chi connectivity index (χ3n) is 3.10. The summed E-state index contributed by atoms with van der Waals surface area (Å²) in [5.41, 5.74) is 0. The molecule has 0 saturated carbocycles. The molecule has 0 atom stereocenters. The zero-order valence-corrected chi connectivity index (χ0v) is 10.4. The number of aliphatic hydroxyl groups is 1. The Kier molecular flexibility index (Phi) is 6.68. The highest BCUT2D eigenvalue weighted by Crippen LogP contribution is 2.07. The van der Waals surface area contributed by atoms with Gasteiger partial charge in [0.25, 0.3) is 0 Å². The third-order valence-corrected chi connectivity index (χ3v) is 3.10. The third kappa shape index (κ3) is 5.20. The van der Waals surface area contributed by atoms with Crippen molar-refractivity contribution in [3.05, 3.63) is 0 Å². The number of hydrogen-bond acceptors (Lipinski definition) is 3. The topological polar surface area (TPSA) is 43.8 Å². The molecular formula is C13H22N2O2. The van der Waals surface area contributed by atoms with E-state index in [2.05, 4.69) is 10.8 Å². The highest BCUT2D eigenvalue weighted by molar-refractivity contribution is 5.76. The molecule has 1 N–H and O–H groups in total. The van der Waals surface area contributed by atoms with Crippen LogP contribution < -0.4 is 0 Å². The molecule has 1 heterocycles. The number of carbonyl (C=O) groups excluding carboxylic acids is 1. The molecule has 1 rings (SSSR count). The average molecular weight is 238 g/mol. The number of nitrogens with zero attached hydrogens (tertiary/aromatic N) is 2. The molecule has 96 valence electrons. The maximum atomic E-state index is 11.8. The molecule has 0 bridgehead atoms. The fourth-order valence-corrected chi connectivity index (χ4v) is 2.02. The standard InChI is InChI=1S/C13H22N2O2/c1-2-3-4-5-6-13(17)15-9-7-14(8-10-15)11-12-16/h1,16H,3-12H2. The summed E-state index contributed by atoms with van der Waals surface area (Å²) >= 11 is 0. The molecule has 0 aromatic carbocycles. The number of carbonyl (C=O) groups is 1. The van der Waals surface area contributed by atoms with Crippen molar-refractivity contribution in [2.45, 2.75) is 25.7 Å².